The van der Waals surface area contributed by atoms with Crippen LogP contribution in [0.4, 0.5) is 10.1 Å². The van der Waals surface area contributed by atoms with Crippen molar-refractivity contribution in [2.24, 2.45) is 0 Å². The monoisotopic (exact) mass is 319 g/mol. The van der Waals surface area contributed by atoms with Gasteiger partial charge in [-0.1, -0.05) is 0 Å². The van der Waals surface area contributed by atoms with Crippen LogP contribution in [0.3, 0.4) is 0 Å². The van der Waals surface area contributed by atoms with Crippen LogP contribution < -0.4 is 4.90 Å². The number of carbonyl (C=O) groups is 2. The number of anilines is 1. The first-order chi connectivity index (χ1) is 9.79. The van der Waals surface area contributed by atoms with Gasteiger partial charge in [-0.3, -0.25) is 4.79 Å². The summed E-state index contributed by atoms with van der Waals surface area (Å²) in [7, 11) is 0. The number of rotatable bonds is 6. The number of halogens is 2. The van der Waals surface area contributed by atoms with Crippen LogP contribution in [0, 0.1) is 12.7 Å². The number of hydrogen-bond acceptors (Lipinski definition) is 4. The Morgan fingerprint density at radius 1 is 1.33 bits per heavy atom. The maximum absolute atomic E-state index is 13.1. The van der Waals surface area contributed by atoms with Crippen molar-refractivity contribution in [1.82, 2.24) is 0 Å². The molecule has 1 rings (SSSR count). The lowest BCUT2D eigenvalue weighted by atomic mass is 10.1. The zero-order chi connectivity index (χ0) is 16.2. The number of aliphatic carboxylic acids is 1. The zero-order valence-corrected chi connectivity index (χ0v) is 11.9. The predicted octanol–water partition coefficient (Wildman–Crippen LogP) is 0.512. The number of carbonyl (C=O) groups excluding carboxylic acids is 1. The molecule has 0 unspecified atom stereocenters. The van der Waals surface area contributed by atoms with Crippen LogP contribution in [0.25, 0.3) is 0 Å². The van der Waals surface area contributed by atoms with Gasteiger partial charge in [0, 0.05) is 18.1 Å². The molecule has 116 valence electrons. The van der Waals surface area contributed by atoms with Gasteiger partial charge in [-0.15, -0.1) is 11.6 Å². The number of amides is 1. The van der Waals surface area contributed by atoms with Crippen LogP contribution in [0.15, 0.2) is 18.2 Å². The fraction of sp³-hybridized carbons (Fsp3) is 0.385. The number of aliphatic hydroxyl groups is 2. The zero-order valence-electron chi connectivity index (χ0n) is 11.2. The Morgan fingerprint density at radius 3 is 2.43 bits per heavy atom. The largest absolute Gasteiger partial charge is 0.479 e. The highest BCUT2D eigenvalue weighted by Gasteiger charge is 2.34. The SMILES string of the molecule is Cc1cc(F)ccc1N(CCCl)C(=O)[C@H](O)[C@@H](O)C(=O)O. The minimum atomic E-state index is -2.25. The van der Waals surface area contributed by atoms with E-state index in [4.69, 9.17) is 16.7 Å². The predicted molar refractivity (Wildman–Crippen MR) is 73.9 cm³/mol. The Kier molecular flexibility index (Phi) is 6.07. The van der Waals surface area contributed by atoms with Gasteiger partial charge in [0.15, 0.2) is 12.2 Å². The molecule has 0 aliphatic rings. The molecule has 0 saturated heterocycles. The molecule has 0 aromatic heterocycles. The average Bonchev–Trinajstić information content (AvgIpc) is 2.43. The van der Waals surface area contributed by atoms with Crippen molar-refractivity contribution in [2.75, 3.05) is 17.3 Å². The fourth-order valence-corrected chi connectivity index (χ4v) is 1.95. The van der Waals surface area contributed by atoms with Crippen molar-refractivity contribution in [2.45, 2.75) is 19.1 Å². The van der Waals surface area contributed by atoms with E-state index in [1.54, 1.807) is 6.92 Å². The third-order valence-corrected chi connectivity index (χ3v) is 3.00. The number of nitrogens with zero attached hydrogens (tertiary/aromatic N) is 1. The molecule has 2 atom stereocenters. The van der Waals surface area contributed by atoms with Crippen molar-refractivity contribution >= 4 is 29.2 Å². The minimum absolute atomic E-state index is 0.0123. The van der Waals surface area contributed by atoms with Gasteiger partial charge >= 0.3 is 5.97 Å². The van der Waals surface area contributed by atoms with Crippen LogP contribution >= 0.6 is 11.6 Å². The highest BCUT2D eigenvalue weighted by atomic mass is 35.5. The van der Waals surface area contributed by atoms with E-state index in [2.05, 4.69) is 0 Å². The summed E-state index contributed by atoms with van der Waals surface area (Å²) in [5.74, 6) is -3.24. The highest BCUT2D eigenvalue weighted by Crippen LogP contribution is 2.22. The summed E-state index contributed by atoms with van der Waals surface area (Å²) >= 11 is 5.59. The summed E-state index contributed by atoms with van der Waals surface area (Å²) in [6.07, 6.45) is -4.40. The number of benzene rings is 1. The molecule has 0 saturated carbocycles. The second-order valence-electron chi connectivity index (χ2n) is 4.34. The molecule has 3 N–H and O–H groups in total. The standard InChI is InChI=1S/C13H15ClFNO5/c1-7-6-8(15)2-3-9(7)16(5-4-14)12(19)10(17)11(18)13(20)21/h2-3,6,10-11,17-18H,4-5H2,1H3,(H,20,21)/t10-,11-/m1/s1. The molecule has 0 spiro atoms. The summed E-state index contributed by atoms with van der Waals surface area (Å²) in [5.41, 5.74) is 0.684. The molecule has 1 amide bonds. The molecule has 21 heavy (non-hydrogen) atoms. The number of carboxylic acid groups (broad SMARTS) is 1. The summed E-state index contributed by atoms with van der Waals surface area (Å²) in [6, 6.07) is 3.62. The lowest BCUT2D eigenvalue weighted by Gasteiger charge is -2.27. The number of aryl methyl sites for hydroxylation is 1. The second-order valence-corrected chi connectivity index (χ2v) is 4.72. The molecule has 0 aliphatic heterocycles. The Bertz CT molecular complexity index is 539. The average molecular weight is 320 g/mol. The van der Waals surface area contributed by atoms with E-state index in [0.29, 0.717) is 5.56 Å². The molecule has 0 fully saturated rings. The summed E-state index contributed by atoms with van der Waals surface area (Å²) in [5, 5.41) is 27.5. The van der Waals surface area contributed by atoms with Crippen LogP contribution in [0.2, 0.25) is 0 Å². The number of alkyl halides is 1. The Balaban J connectivity index is 3.11. The van der Waals surface area contributed by atoms with E-state index in [1.807, 2.05) is 0 Å². The first-order valence-corrected chi connectivity index (χ1v) is 6.55. The minimum Gasteiger partial charge on any atom is -0.479 e. The molecular formula is C13H15ClFNO5. The first-order valence-electron chi connectivity index (χ1n) is 6.02. The van der Waals surface area contributed by atoms with Gasteiger partial charge in [0.1, 0.15) is 5.82 Å². The topological polar surface area (TPSA) is 98.1 Å². The first kappa shape index (κ1) is 17.4. The molecule has 0 heterocycles. The van der Waals surface area contributed by atoms with Crippen molar-refractivity contribution < 1.29 is 29.3 Å². The second kappa shape index (κ2) is 7.35. The van der Waals surface area contributed by atoms with Gasteiger partial charge in [0.05, 0.1) is 0 Å². The van der Waals surface area contributed by atoms with Crippen LogP contribution in [-0.4, -0.2) is 51.8 Å². The lowest BCUT2D eigenvalue weighted by molar-refractivity contribution is -0.157. The molecule has 1 aromatic rings. The smallest absolute Gasteiger partial charge is 0.335 e. The van der Waals surface area contributed by atoms with Gasteiger partial charge in [0.25, 0.3) is 5.91 Å². The van der Waals surface area contributed by atoms with E-state index in [0.717, 1.165) is 11.0 Å². The fourth-order valence-electron chi connectivity index (χ4n) is 1.79. The number of hydrogen-bond donors (Lipinski definition) is 3. The number of carboxylic acids is 1. The van der Waals surface area contributed by atoms with Crippen LogP contribution in [-0.2, 0) is 9.59 Å². The molecule has 0 aliphatic carbocycles. The van der Waals surface area contributed by atoms with Gasteiger partial charge in [-0.25, -0.2) is 9.18 Å². The van der Waals surface area contributed by atoms with Gasteiger partial charge in [-0.05, 0) is 30.7 Å². The van der Waals surface area contributed by atoms with Crippen LogP contribution in [0.5, 0.6) is 0 Å². The van der Waals surface area contributed by atoms with Crippen molar-refractivity contribution in [1.29, 1.82) is 0 Å². The maximum Gasteiger partial charge on any atom is 0.335 e. The Hall–Kier alpha value is -1.70. The Morgan fingerprint density at radius 2 is 1.95 bits per heavy atom. The third-order valence-electron chi connectivity index (χ3n) is 2.83. The van der Waals surface area contributed by atoms with Gasteiger partial charge < -0.3 is 20.2 Å². The summed E-state index contributed by atoms with van der Waals surface area (Å²) in [6.45, 7) is 1.52. The summed E-state index contributed by atoms with van der Waals surface area (Å²) in [4.78, 5) is 23.7. The van der Waals surface area contributed by atoms with Crippen LogP contribution in [0.1, 0.15) is 5.56 Å². The third kappa shape index (κ3) is 4.13. The normalized spacial score (nSPS) is 13.6. The van der Waals surface area contributed by atoms with E-state index < -0.39 is 29.9 Å². The lowest BCUT2D eigenvalue weighted by Crippen LogP contribution is -2.48. The molecule has 1 aromatic carbocycles. The van der Waals surface area contributed by atoms with Gasteiger partial charge in [0.2, 0.25) is 0 Å². The molecule has 0 radical (unpaired) electrons. The quantitative estimate of drug-likeness (QED) is 0.664. The highest BCUT2D eigenvalue weighted by molar-refractivity contribution is 6.18. The van der Waals surface area contributed by atoms with Crippen molar-refractivity contribution in [3.05, 3.63) is 29.6 Å². The molecule has 8 heteroatoms. The van der Waals surface area contributed by atoms with E-state index in [1.165, 1.54) is 12.1 Å². The molecule has 6 nitrogen and oxygen atoms in total. The van der Waals surface area contributed by atoms with Crippen molar-refractivity contribution in [3.63, 3.8) is 0 Å². The van der Waals surface area contributed by atoms with E-state index in [-0.39, 0.29) is 18.1 Å². The van der Waals surface area contributed by atoms with E-state index >= 15 is 0 Å². The van der Waals surface area contributed by atoms with E-state index in [9.17, 15) is 24.2 Å². The van der Waals surface area contributed by atoms with Gasteiger partial charge in [-0.2, -0.15) is 0 Å². The summed E-state index contributed by atoms with van der Waals surface area (Å²) < 4.78 is 13.1. The molecular weight excluding hydrogens is 305 g/mol. The maximum atomic E-state index is 13.1. The number of aliphatic hydroxyl groups excluding tert-OH is 2. The Labute approximate surface area is 125 Å². The van der Waals surface area contributed by atoms with Crippen molar-refractivity contribution in [3.8, 4) is 0 Å². The molecule has 0 bridgehead atoms.